The van der Waals surface area contributed by atoms with Crippen molar-refractivity contribution in [2.75, 3.05) is 5.32 Å². The summed E-state index contributed by atoms with van der Waals surface area (Å²) >= 11 is 18.5. The van der Waals surface area contributed by atoms with Gasteiger partial charge in [0.15, 0.2) is 0 Å². The van der Waals surface area contributed by atoms with E-state index in [4.69, 9.17) is 23.2 Å². The lowest BCUT2D eigenvalue weighted by molar-refractivity contribution is -0.115. The maximum atomic E-state index is 11.6. The Kier molecular flexibility index (Phi) is 5.57. The molecular formula is C10H9Br2Cl2NO. The van der Waals surface area contributed by atoms with E-state index >= 15 is 0 Å². The number of amides is 1. The van der Waals surface area contributed by atoms with E-state index in [1.165, 1.54) is 0 Å². The van der Waals surface area contributed by atoms with Crippen molar-refractivity contribution >= 4 is 66.7 Å². The first kappa shape index (κ1) is 14.3. The molecule has 0 radical (unpaired) electrons. The normalized spacial score (nSPS) is 12.3. The molecule has 0 saturated heterocycles. The molecule has 0 aliphatic heterocycles. The number of anilines is 1. The monoisotopic (exact) mass is 387 g/mol. The van der Waals surface area contributed by atoms with Gasteiger partial charge in [-0.05, 0) is 18.6 Å². The molecule has 1 atom stereocenters. The van der Waals surface area contributed by atoms with E-state index in [2.05, 4.69) is 37.2 Å². The molecule has 1 aromatic rings. The molecule has 1 N–H and O–H groups in total. The van der Waals surface area contributed by atoms with E-state index in [0.29, 0.717) is 22.2 Å². The fourth-order valence-corrected chi connectivity index (χ4v) is 2.47. The minimum Gasteiger partial charge on any atom is -0.323 e. The molecule has 0 aliphatic rings. The highest BCUT2D eigenvalue weighted by atomic mass is 79.9. The van der Waals surface area contributed by atoms with Crippen LogP contribution in [0.2, 0.25) is 10.0 Å². The van der Waals surface area contributed by atoms with Gasteiger partial charge < -0.3 is 5.32 Å². The van der Waals surface area contributed by atoms with Crippen LogP contribution in [-0.2, 0) is 4.79 Å². The number of hydrogen-bond donors (Lipinski definition) is 1. The zero-order valence-corrected chi connectivity index (χ0v) is 13.0. The van der Waals surface area contributed by atoms with Crippen LogP contribution in [0, 0.1) is 0 Å². The topological polar surface area (TPSA) is 29.1 Å². The fraction of sp³-hybridized carbons (Fsp3) is 0.300. The number of carbonyl (C=O) groups excluding carboxylic acids is 1. The second-order valence-electron chi connectivity index (χ2n) is 3.11. The average Bonchev–Trinajstić information content (AvgIpc) is 2.21. The zero-order valence-electron chi connectivity index (χ0n) is 8.36. The Morgan fingerprint density at radius 3 is 2.38 bits per heavy atom. The molecule has 1 unspecified atom stereocenters. The molecule has 88 valence electrons. The van der Waals surface area contributed by atoms with Crippen LogP contribution in [0.1, 0.15) is 13.3 Å². The van der Waals surface area contributed by atoms with Crippen LogP contribution in [0.15, 0.2) is 16.6 Å². The first-order valence-corrected chi connectivity index (χ1v) is 7.01. The molecule has 6 heteroatoms. The summed E-state index contributed by atoms with van der Waals surface area (Å²) in [6.07, 6.45) is 0.692. The van der Waals surface area contributed by atoms with Gasteiger partial charge in [-0.2, -0.15) is 0 Å². The Balaban J connectivity index is 2.93. The second-order valence-corrected chi connectivity index (χ2v) is 5.94. The van der Waals surface area contributed by atoms with Crippen molar-refractivity contribution in [3.63, 3.8) is 0 Å². The third kappa shape index (κ3) is 3.62. The highest BCUT2D eigenvalue weighted by Gasteiger charge is 2.16. The number of nitrogens with one attached hydrogen (secondary N) is 1. The number of rotatable bonds is 3. The predicted octanol–water partition coefficient (Wildman–Crippen LogP) is 4.87. The van der Waals surface area contributed by atoms with Gasteiger partial charge in [-0.3, -0.25) is 4.79 Å². The van der Waals surface area contributed by atoms with E-state index in [-0.39, 0.29) is 10.7 Å². The van der Waals surface area contributed by atoms with E-state index in [0.717, 1.165) is 4.47 Å². The number of halogens is 4. The average molecular weight is 390 g/mol. The molecule has 0 heterocycles. The van der Waals surface area contributed by atoms with Crippen molar-refractivity contribution in [1.82, 2.24) is 0 Å². The van der Waals surface area contributed by atoms with Gasteiger partial charge in [0.05, 0.1) is 20.6 Å². The smallest absolute Gasteiger partial charge is 0.238 e. The highest BCUT2D eigenvalue weighted by Crippen LogP contribution is 2.34. The molecule has 0 spiro atoms. The Labute approximate surface area is 121 Å². The molecule has 1 aromatic carbocycles. The Morgan fingerprint density at radius 2 is 1.94 bits per heavy atom. The van der Waals surface area contributed by atoms with Gasteiger partial charge in [-0.15, -0.1) is 0 Å². The minimum atomic E-state index is -0.247. The Morgan fingerprint density at radius 1 is 1.44 bits per heavy atom. The van der Waals surface area contributed by atoms with E-state index in [1.54, 1.807) is 12.1 Å². The molecular weight excluding hydrogens is 381 g/mol. The summed E-state index contributed by atoms with van der Waals surface area (Å²) in [6, 6.07) is 3.36. The van der Waals surface area contributed by atoms with E-state index < -0.39 is 0 Å². The maximum absolute atomic E-state index is 11.6. The van der Waals surface area contributed by atoms with Crippen molar-refractivity contribution in [3.8, 4) is 0 Å². The Bertz CT molecular complexity index is 389. The lowest BCUT2D eigenvalue weighted by atomic mass is 10.3. The number of hydrogen-bond acceptors (Lipinski definition) is 1. The minimum absolute atomic E-state index is 0.159. The summed E-state index contributed by atoms with van der Waals surface area (Å²) < 4.78 is 0.770. The van der Waals surface area contributed by atoms with Crippen LogP contribution >= 0.6 is 55.1 Å². The van der Waals surface area contributed by atoms with Crippen LogP contribution in [0.5, 0.6) is 0 Å². The molecule has 0 saturated carbocycles. The molecule has 0 aromatic heterocycles. The standard InChI is InChI=1S/C10H9Br2Cl2NO/c1-2-6(12)10(16)15-9-7(13)3-5(11)4-8(9)14/h3-4,6H,2H2,1H3,(H,15,16). The first-order chi connectivity index (χ1) is 7.45. The molecule has 1 amide bonds. The number of carbonyl (C=O) groups is 1. The van der Waals surface area contributed by atoms with Crippen molar-refractivity contribution in [2.45, 2.75) is 18.2 Å². The molecule has 0 fully saturated rings. The van der Waals surface area contributed by atoms with Gasteiger partial charge in [-0.1, -0.05) is 62.0 Å². The first-order valence-electron chi connectivity index (χ1n) is 4.55. The predicted molar refractivity (Wildman–Crippen MR) is 75.8 cm³/mol. The van der Waals surface area contributed by atoms with Crippen LogP contribution < -0.4 is 5.32 Å². The van der Waals surface area contributed by atoms with E-state index in [9.17, 15) is 4.79 Å². The van der Waals surface area contributed by atoms with Crippen LogP contribution in [0.3, 0.4) is 0 Å². The Hall–Kier alpha value is 0.230. The van der Waals surface area contributed by atoms with Gasteiger partial charge in [0, 0.05) is 4.47 Å². The molecule has 16 heavy (non-hydrogen) atoms. The van der Waals surface area contributed by atoms with Crippen molar-refractivity contribution in [2.24, 2.45) is 0 Å². The molecule has 1 rings (SSSR count). The van der Waals surface area contributed by atoms with E-state index in [1.807, 2.05) is 6.92 Å². The summed E-state index contributed by atoms with van der Waals surface area (Å²) in [5.74, 6) is -0.159. The highest BCUT2D eigenvalue weighted by molar-refractivity contribution is 9.10. The van der Waals surface area contributed by atoms with Crippen LogP contribution in [0.25, 0.3) is 0 Å². The largest absolute Gasteiger partial charge is 0.323 e. The van der Waals surface area contributed by atoms with Crippen LogP contribution in [0.4, 0.5) is 5.69 Å². The third-order valence-corrected chi connectivity index (χ3v) is 4.02. The third-order valence-electron chi connectivity index (χ3n) is 1.90. The summed E-state index contributed by atoms with van der Waals surface area (Å²) in [5, 5.41) is 3.50. The molecule has 2 nitrogen and oxygen atoms in total. The SMILES string of the molecule is CCC(Br)C(=O)Nc1c(Cl)cc(Br)cc1Cl. The number of benzene rings is 1. The lowest BCUT2D eigenvalue weighted by Crippen LogP contribution is -2.22. The second kappa shape index (κ2) is 6.24. The fourth-order valence-electron chi connectivity index (χ4n) is 1.05. The van der Waals surface area contributed by atoms with Gasteiger partial charge >= 0.3 is 0 Å². The lowest BCUT2D eigenvalue weighted by Gasteiger charge is -2.12. The van der Waals surface area contributed by atoms with Crippen molar-refractivity contribution < 1.29 is 4.79 Å². The molecule has 0 aliphatic carbocycles. The number of alkyl halides is 1. The van der Waals surface area contributed by atoms with Gasteiger partial charge in [0.1, 0.15) is 0 Å². The molecule has 0 bridgehead atoms. The van der Waals surface area contributed by atoms with Crippen LogP contribution in [-0.4, -0.2) is 10.7 Å². The zero-order chi connectivity index (χ0) is 12.3. The summed E-state index contributed by atoms with van der Waals surface area (Å²) in [6.45, 7) is 1.91. The maximum Gasteiger partial charge on any atom is 0.238 e. The summed E-state index contributed by atoms with van der Waals surface area (Å²) in [7, 11) is 0. The van der Waals surface area contributed by atoms with Gasteiger partial charge in [0.2, 0.25) is 5.91 Å². The van der Waals surface area contributed by atoms with Gasteiger partial charge in [-0.25, -0.2) is 0 Å². The van der Waals surface area contributed by atoms with Crippen molar-refractivity contribution in [1.29, 1.82) is 0 Å². The summed E-state index contributed by atoms with van der Waals surface area (Å²) in [4.78, 5) is 11.4. The van der Waals surface area contributed by atoms with Gasteiger partial charge in [0.25, 0.3) is 0 Å². The van der Waals surface area contributed by atoms with Crippen molar-refractivity contribution in [3.05, 3.63) is 26.7 Å². The summed E-state index contributed by atoms with van der Waals surface area (Å²) in [5.41, 5.74) is 0.439. The quantitative estimate of drug-likeness (QED) is 0.734.